The first kappa shape index (κ1) is 24.5. The minimum Gasteiger partial charge on any atom is -0.359 e. The van der Waals surface area contributed by atoms with E-state index in [-0.39, 0.29) is 17.5 Å². The van der Waals surface area contributed by atoms with Crippen molar-refractivity contribution in [2.45, 2.75) is 51.6 Å². The minimum absolute atomic E-state index is 0.0418. The largest absolute Gasteiger partial charge is 0.359 e. The fourth-order valence-corrected chi connectivity index (χ4v) is 5.27. The van der Waals surface area contributed by atoms with Crippen molar-refractivity contribution in [2.24, 2.45) is 11.1 Å². The van der Waals surface area contributed by atoms with Crippen molar-refractivity contribution in [3.05, 3.63) is 46.6 Å². The number of hydrogen-bond donors (Lipinski definition) is 3. The van der Waals surface area contributed by atoms with Crippen LogP contribution in [0.1, 0.15) is 45.7 Å². The molecule has 9 nitrogen and oxygen atoms in total. The number of nitrogens with one attached hydrogen (secondary N) is 2. The average molecular weight is 555 g/mol. The van der Waals surface area contributed by atoms with Crippen LogP contribution in [-0.2, 0) is 10.3 Å². The molecule has 4 aromatic rings. The number of nitrogens with two attached hydrogens (primary N) is 1. The van der Waals surface area contributed by atoms with Crippen molar-refractivity contribution in [1.82, 2.24) is 30.0 Å². The Balaban J connectivity index is 1.50. The summed E-state index contributed by atoms with van der Waals surface area (Å²) in [6, 6.07) is 6.89. The number of anilines is 1. The van der Waals surface area contributed by atoms with Gasteiger partial charge in [0.2, 0.25) is 11.9 Å². The van der Waals surface area contributed by atoms with Gasteiger partial charge in [0.05, 0.1) is 22.3 Å². The normalized spacial score (nSPS) is 20.2. The molecule has 1 saturated carbocycles. The van der Waals surface area contributed by atoms with Gasteiger partial charge in [-0.3, -0.25) is 4.79 Å². The Bertz CT molecular complexity index is 1500. The van der Waals surface area contributed by atoms with Gasteiger partial charge in [-0.2, -0.15) is 10.1 Å². The fraction of sp³-hybridized carbons (Fsp3) is 0.400. The van der Waals surface area contributed by atoms with E-state index in [4.69, 9.17) is 10.7 Å². The molecule has 1 aliphatic carbocycles. The molecule has 1 fully saturated rings. The highest BCUT2D eigenvalue weighted by Gasteiger charge is 2.41. The zero-order valence-electron chi connectivity index (χ0n) is 20.6. The molecule has 0 unspecified atom stereocenters. The number of nitrogens with zero attached hydrogens (tertiary/aromatic N) is 5. The second kappa shape index (κ2) is 8.74. The van der Waals surface area contributed by atoms with Crippen LogP contribution in [0, 0.1) is 11.2 Å². The summed E-state index contributed by atoms with van der Waals surface area (Å²) in [5.74, 6) is 0.000386. The predicted octanol–water partition coefficient (Wildman–Crippen LogP) is 4.18. The molecule has 0 saturated heterocycles. The number of hydrogen-bond acceptors (Lipinski definition) is 7. The first-order valence-electron chi connectivity index (χ1n) is 11.8. The summed E-state index contributed by atoms with van der Waals surface area (Å²) in [7, 11) is 1.66. The summed E-state index contributed by atoms with van der Waals surface area (Å²) >= 11 is 3.47. The van der Waals surface area contributed by atoms with Crippen molar-refractivity contribution in [1.29, 1.82) is 0 Å². The standard InChI is InChI=1S/C25H28BrFN8O/c1-24(2,28)18-6-5-13-9-15(10-17(27)19(13)32-18)35-21-16(20(26)34-35)12-30-23(33-21)31-14-7-8-25(3,11-14)22(36)29-4/h5-6,9-10,12,14H,7-8,11,28H2,1-4H3,(H,29,36)(H,30,31,33)/t14-,25-/m1/s1. The third-order valence-electron chi connectivity index (χ3n) is 6.86. The number of pyridine rings is 1. The maximum absolute atomic E-state index is 15.2. The van der Waals surface area contributed by atoms with Crippen LogP contribution < -0.4 is 16.4 Å². The van der Waals surface area contributed by atoms with Crippen LogP contribution in [-0.4, -0.2) is 43.7 Å². The van der Waals surface area contributed by atoms with Gasteiger partial charge in [-0.15, -0.1) is 0 Å². The molecular weight excluding hydrogens is 527 g/mol. The molecule has 11 heteroatoms. The van der Waals surface area contributed by atoms with Crippen LogP contribution in [0.2, 0.25) is 0 Å². The molecule has 188 valence electrons. The Morgan fingerprint density at radius 1 is 1.31 bits per heavy atom. The Labute approximate surface area is 216 Å². The number of benzene rings is 1. The number of fused-ring (bicyclic) bond motifs is 2. The Morgan fingerprint density at radius 3 is 2.81 bits per heavy atom. The van der Waals surface area contributed by atoms with E-state index < -0.39 is 16.8 Å². The van der Waals surface area contributed by atoms with Gasteiger partial charge in [0.25, 0.3) is 0 Å². The molecule has 2 atom stereocenters. The highest BCUT2D eigenvalue weighted by atomic mass is 79.9. The number of amides is 1. The summed E-state index contributed by atoms with van der Waals surface area (Å²) < 4.78 is 17.3. The zero-order valence-corrected chi connectivity index (χ0v) is 22.1. The van der Waals surface area contributed by atoms with E-state index in [1.54, 1.807) is 24.0 Å². The smallest absolute Gasteiger partial charge is 0.225 e. The van der Waals surface area contributed by atoms with Crippen molar-refractivity contribution in [2.75, 3.05) is 12.4 Å². The zero-order chi connectivity index (χ0) is 25.8. The maximum atomic E-state index is 15.2. The van der Waals surface area contributed by atoms with Gasteiger partial charge in [0, 0.05) is 36.2 Å². The first-order valence-corrected chi connectivity index (χ1v) is 12.6. The lowest BCUT2D eigenvalue weighted by Crippen LogP contribution is -2.35. The first-order chi connectivity index (χ1) is 17.0. The topological polar surface area (TPSA) is 124 Å². The maximum Gasteiger partial charge on any atom is 0.225 e. The quantitative estimate of drug-likeness (QED) is 0.338. The molecule has 1 aromatic carbocycles. The van der Waals surface area contributed by atoms with Crippen LogP contribution in [0.3, 0.4) is 0 Å². The van der Waals surface area contributed by atoms with Crippen LogP contribution in [0.4, 0.5) is 10.3 Å². The lowest BCUT2D eigenvalue weighted by molar-refractivity contribution is -0.129. The average Bonchev–Trinajstić information content (AvgIpc) is 3.37. The van der Waals surface area contributed by atoms with Crippen LogP contribution in [0.5, 0.6) is 0 Å². The van der Waals surface area contributed by atoms with Gasteiger partial charge in [-0.25, -0.2) is 19.0 Å². The monoisotopic (exact) mass is 554 g/mol. The van der Waals surface area contributed by atoms with Crippen molar-refractivity contribution >= 4 is 49.7 Å². The highest BCUT2D eigenvalue weighted by Crippen LogP contribution is 2.39. The van der Waals surface area contributed by atoms with E-state index in [9.17, 15) is 4.79 Å². The van der Waals surface area contributed by atoms with E-state index in [2.05, 4.69) is 41.6 Å². The van der Waals surface area contributed by atoms with E-state index in [0.717, 1.165) is 12.8 Å². The Hall–Kier alpha value is -3.18. The molecule has 3 heterocycles. The number of aromatic nitrogens is 5. The van der Waals surface area contributed by atoms with Crippen molar-refractivity contribution in [3.63, 3.8) is 0 Å². The van der Waals surface area contributed by atoms with Gasteiger partial charge in [-0.1, -0.05) is 13.0 Å². The van der Waals surface area contributed by atoms with E-state index in [1.807, 2.05) is 32.9 Å². The molecule has 1 aliphatic rings. The Kier molecular flexibility index (Phi) is 5.95. The summed E-state index contributed by atoms with van der Waals surface area (Å²) in [4.78, 5) is 25.9. The van der Waals surface area contributed by atoms with E-state index >= 15 is 4.39 Å². The molecule has 0 spiro atoms. The molecule has 36 heavy (non-hydrogen) atoms. The third kappa shape index (κ3) is 4.30. The van der Waals surface area contributed by atoms with E-state index in [0.29, 0.717) is 44.8 Å². The van der Waals surface area contributed by atoms with Crippen molar-refractivity contribution < 1.29 is 9.18 Å². The lowest BCUT2D eigenvalue weighted by atomic mass is 9.87. The summed E-state index contributed by atoms with van der Waals surface area (Å²) in [5.41, 5.74) is 6.94. The van der Waals surface area contributed by atoms with Gasteiger partial charge < -0.3 is 16.4 Å². The number of halogens is 2. The Morgan fingerprint density at radius 2 is 2.08 bits per heavy atom. The van der Waals surface area contributed by atoms with Gasteiger partial charge in [0.15, 0.2) is 11.5 Å². The van der Waals surface area contributed by atoms with E-state index in [1.165, 1.54) is 6.07 Å². The van der Waals surface area contributed by atoms with Gasteiger partial charge in [0.1, 0.15) is 10.1 Å². The molecule has 3 aromatic heterocycles. The van der Waals surface area contributed by atoms with Crippen molar-refractivity contribution in [3.8, 4) is 5.69 Å². The molecule has 1 amide bonds. The minimum atomic E-state index is -0.681. The lowest BCUT2D eigenvalue weighted by Gasteiger charge is -2.22. The number of carbonyl (C=O) groups is 1. The van der Waals surface area contributed by atoms with Gasteiger partial charge >= 0.3 is 0 Å². The van der Waals surface area contributed by atoms with Crippen LogP contribution in [0.15, 0.2) is 35.1 Å². The molecule has 0 radical (unpaired) electrons. The second-order valence-corrected chi connectivity index (χ2v) is 11.0. The van der Waals surface area contributed by atoms with Crippen LogP contribution in [0.25, 0.3) is 27.6 Å². The van der Waals surface area contributed by atoms with Crippen LogP contribution >= 0.6 is 15.9 Å². The van der Waals surface area contributed by atoms with Gasteiger partial charge in [-0.05, 0) is 61.2 Å². The summed E-state index contributed by atoms with van der Waals surface area (Å²) in [6.45, 7) is 5.64. The summed E-state index contributed by atoms with van der Waals surface area (Å²) in [6.07, 6.45) is 3.98. The molecule has 4 N–H and O–H groups in total. The number of rotatable bonds is 5. The molecule has 5 rings (SSSR count). The SMILES string of the molecule is CNC(=O)[C@]1(C)CC[C@@H](Nc2ncc3c(Br)nn(-c4cc(F)c5nc(C(C)(C)N)ccc5c4)c3n2)C1. The molecule has 0 aliphatic heterocycles. The predicted molar refractivity (Wildman–Crippen MR) is 140 cm³/mol. The second-order valence-electron chi connectivity index (χ2n) is 10.3. The molecular formula is C25H28BrFN8O. The third-order valence-corrected chi connectivity index (χ3v) is 7.45. The summed E-state index contributed by atoms with van der Waals surface area (Å²) in [5, 5.41) is 12.0. The molecule has 0 bridgehead atoms. The highest BCUT2D eigenvalue weighted by molar-refractivity contribution is 9.10. The fourth-order valence-electron chi connectivity index (χ4n) is 4.83. The number of carbonyl (C=O) groups excluding carboxylic acids is 1.